The number of ether oxygens (including phenoxy) is 3. The molecule has 0 aliphatic carbocycles. The SMILES string of the molecule is N=C(N)CC(=O)OCc1cccc(N2CC(OC3CCN(C(=O)C4CCOCC4)CC3)C2)c1F. The highest BCUT2D eigenvalue weighted by molar-refractivity contribution is 5.94. The Bertz CT molecular complexity index is 893. The van der Waals surface area contributed by atoms with Gasteiger partial charge in [-0.2, -0.15) is 0 Å². The number of benzene rings is 1. The number of piperidine rings is 1. The van der Waals surface area contributed by atoms with E-state index in [9.17, 15) is 14.0 Å². The first-order valence-electron chi connectivity index (χ1n) is 11.9. The molecule has 3 saturated heterocycles. The largest absolute Gasteiger partial charge is 0.460 e. The Hall–Kier alpha value is -2.72. The Kier molecular flexibility index (Phi) is 7.99. The van der Waals surface area contributed by atoms with E-state index >= 15 is 0 Å². The van der Waals surface area contributed by atoms with Gasteiger partial charge in [0.05, 0.1) is 17.9 Å². The third-order valence-corrected chi connectivity index (χ3v) is 6.68. The van der Waals surface area contributed by atoms with Crippen molar-refractivity contribution in [2.24, 2.45) is 11.7 Å². The molecule has 3 aliphatic rings. The minimum Gasteiger partial charge on any atom is -0.460 e. The zero-order valence-electron chi connectivity index (χ0n) is 19.3. The molecule has 1 aromatic rings. The van der Waals surface area contributed by atoms with Crippen LogP contribution in [0.5, 0.6) is 0 Å². The van der Waals surface area contributed by atoms with E-state index in [0.29, 0.717) is 32.0 Å². The number of likely N-dealkylation sites (tertiary alicyclic amines) is 1. The van der Waals surface area contributed by atoms with Crippen molar-refractivity contribution in [3.05, 3.63) is 29.6 Å². The fourth-order valence-corrected chi connectivity index (χ4v) is 4.69. The summed E-state index contributed by atoms with van der Waals surface area (Å²) < 4.78 is 31.5. The molecule has 0 unspecified atom stereocenters. The molecule has 0 bridgehead atoms. The van der Waals surface area contributed by atoms with Crippen LogP contribution in [0.25, 0.3) is 0 Å². The highest BCUT2D eigenvalue weighted by Gasteiger charge is 2.34. The van der Waals surface area contributed by atoms with E-state index in [2.05, 4.69) is 0 Å². The van der Waals surface area contributed by atoms with Crippen LogP contribution in [0.3, 0.4) is 0 Å². The molecule has 4 rings (SSSR count). The lowest BCUT2D eigenvalue weighted by molar-refractivity contribution is -0.143. The molecular formula is C24H33FN4O5. The zero-order valence-corrected chi connectivity index (χ0v) is 19.3. The van der Waals surface area contributed by atoms with E-state index in [1.165, 1.54) is 0 Å². The van der Waals surface area contributed by atoms with Crippen molar-refractivity contribution in [3.8, 4) is 0 Å². The van der Waals surface area contributed by atoms with Gasteiger partial charge in [-0.3, -0.25) is 15.0 Å². The minimum absolute atomic E-state index is 0.0270. The van der Waals surface area contributed by atoms with Gasteiger partial charge in [0.25, 0.3) is 0 Å². The van der Waals surface area contributed by atoms with E-state index in [4.69, 9.17) is 25.4 Å². The van der Waals surface area contributed by atoms with Gasteiger partial charge < -0.3 is 29.7 Å². The maximum absolute atomic E-state index is 14.9. The third-order valence-electron chi connectivity index (χ3n) is 6.68. The molecule has 0 radical (unpaired) electrons. The predicted molar refractivity (Wildman–Crippen MR) is 123 cm³/mol. The summed E-state index contributed by atoms with van der Waals surface area (Å²) in [5.41, 5.74) is 5.91. The maximum atomic E-state index is 14.9. The summed E-state index contributed by atoms with van der Waals surface area (Å²) in [6.45, 7) is 3.75. The number of amides is 1. The number of anilines is 1. The number of halogens is 1. The van der Waals surface area contributed by atoms with Gasteiger partial charge in [-0.15, -0.1) is 0 Å². The monoisotopic (exact) mass is 476 g/mol. The maximum Gasteiger partial charge on any atom is 0.313 e. The molecule has 9 nitrogen and oxygen atoms in total. The average molecular weight is 477 g/mol. The van der Waals surface area contributed by atoms with Crippen LogP contribution in [0.2, 0.25) is 0 Å². The quantitative estimate of drug-likeness (QED) is 0.334. The van der Waals surface area contributed by atoms with Gasteiger partial charge in [0.15, 0.2) is 5.82 Å². The number of carbonyl (C=O) groups is 2. The van der Waals surface area contributed by atoms with Gasteiger partial charge in [0, 0.05) is 50.9 Å². The summed E-state index contributed by atoms with van der Waals surface area (Å²) in [5.74, 6) is -1.03. The van der Waals surface area contributed by atoms with Gasteiger partial charge in [-0.05, 0) is 31.7 Å². The first-order chi connectivity index (χ1) is 16.4. The second-order valence-corrected chi connectivity index (χ2v) is 9.19. The third kappa shape index (κ3) is 6.04. The zero-order chi connectivity index (χ0) is 24.1. The van der Waals surface area contributed by atoms with Crippen LogP contribution >= 0.6 is 0 Å². The Morgan fingerprint density at radius 2 is 1.82 bits per heavy atom. The minimum atomic E-state index is -0.657. The van der Waals surface area contributed by atoms with Crippen LogP contribution in [-0.2, 0) is 30.4 Å². The summed E-state index contributed by atoms with van der Waals surface area (Å²) >= 11 is 0. The number of nitrogens with zero attached hydrogens (tertiary/aromatic N) is 2. The second-order valence-electron chi connectivity index (χ2n) is 9.19. The number of nitrogens with two attached hydrogens (primary N) is 1. The Morgan fingerprint density at radius 3 is 2.50 bits per heavy atom. The number of esters is 1. The summed E-state index contributed by atoms with van der Waals surface area (Å²) in [7, 11) is 0. The molecule has 0 saturated carbocycles. The fraction of sp³-hybridized carbons (Fsp3) is 0.625. The molecule has 10 heteroatoms. The summed E-state index contributed by atoms with van der Waals surface area (Å²) in [6.07, 6.45) is 3.09. The number of hydrogen-bond donors (Lipinski definition) is 2. The van der Waals surface area contributed by atoms with Crippen molar-refractivity contribution in [1.82, 2.24) is 4.90 Å². The van der Waals surface area contributed by atoms with Crippen LogP contribution in [0.1, 0.15) is 37.7 Å². The Morgan fingerprint density at radius 1 is 1.12 bits per heavy atom. The lowest BCUT2D eigenvalue weighted by atomic mass is 9.97. The molecule has 3 N–H and O–H groups in total. The van der Waals surface area contributed by atoms with E-state index in [-0.39, 0.29) is 48.5 Å². The smallest absolute Gasteiger partial charge is 0.313 e. The normalized spacial score (nSPS) is 20.1. The van der Waals surface area contributed by atoms with Crippen molar-refractivity contribution in [2.75, 3.05) is 44.3 Å². The number of rotatable bonds is 8. The molecule has 1 amide bonds. The molecule has 3 aliphatic heterocycles. The Balaban J connectivity index is 1.20. The molecule has 3 heterocycles. The van der Waals surface area contributed by atoms with Gasteiger partial charge in [0.2, 0.25) is 5.91 Å². The lowest BCUT2D eigenvalue weighted by Crippen LogP contribution is -2.55. The predicted octanol–water partition coefficient (Wildman–Crippen LogP) is 1.82. The number of amidine groups is 1. The van der Waals surface area contributed by atoms with Gasteiger partial charge in [-0.25, -0.2) is 4.39 Å². The molecule has 3 fully saturated rings. The van der Waals surface area contributed by atoms with E-state index in [1.807, 2.05) is 9.80 Å². The highest BCUT2D eigenvalue weighted by atomic mass is 19.1. The van der Waals surface area contributed by atoms with Crippen molar-refractivity contribution in [2.45, 2.75) is 50.9 Å². The summed E-state index contributed by atoms with van der Waals surface area (Å²) in [5, 5.41) is 7.12. The highest BCUT2D eigenvalue weighted by Crippen LogP contribution is 2.30. The van der Waals surface area contributed by atoms with Crippen LogP contribution in [0, 0.1) is 17.1 Å². The van der Waals surface area contributed by atoms with E-state index in [0.717, 1.165) is 38.8 Å². The standard InChI is InChI=1S/C24H33FN4O5/c25-23-17(15-33-22(30)12-21(26)27)2-1-3-20(23)29-13-19(14-29)34-18-4-8-28(9-5-18)24(31)16-6-10-32-11-7-16/h1-3,16,18-19H,4-15H2,(H3,26,27). The van der Waals surface area contributed by atoms with Crippen LogP contribution < -0.4 is 10.6 Å². The number of carbonyl (C=O) groups excluding carboxylic acids is 2. The fourth-order valence-electron chi connectivity index (χ4n) is 4.69. The van der Waals surface area contributed by atoms with Crippen molar-refractivity contribution < 1.29 is 28.2 Å². The molecule has 1 aromatic carbocycles. The van der Waals surface area contributed by atoms with Gasteiger partial charge >= 0.3 is 5.97 Å². The summed E-state index contributed by atoms with van der Waals surface area (Å²) in [6, 6.07) is 5.00. The molecular weight excluding hydrogens is 443 g/mol. The molecule has 0 atom stereocenters. The number of hydrogen-bond acceptors (Lipinski definition) is 7. The topological polar surface area (TPSA) is 118 Å². The van der Waals surface area contributed by atoms with Crippen molar-refractivity contribution >= 4 is 23.4 Å². The number of nitrogens with one attached hydrogen (secondary N) is 1. The van der Waals surface area contributed by atoms with Crippen molar-refractivity contribution in [3.63, 3.8) is 0 Å². The van der Waals surface area contributed by atoms with E-state index in [1.54, 1.807) is 18.2 Å². The molecule has 0 spiro atoms. The first-order valence-corrected chi connectivity index (χ1v) is 11.9. The molecule has 34 heavy (non-hydrogen) atoms. The average Bonchev–Trinajstić information content (AvgIpc) is 2.81. The van der Waals surface area contributed by atoms with Crippen LogP contribution in [-0.4, -0.2) is 74.2 Å². The van der Waals surface area contributed by atoms with Crippen molar-refractivity contribution in [1.29, 1.82) is 5.41 Å². The first kappa shape index (κ1) is 24.4. The molecule has 186 valence electrons. The van der Waals surface area contributed by atoms with Gasteiger partial charge in [0.1, 0.15) is 18.9 Å². The van der Waals surface area contributed by atoms with Gasteiger partial charge in [-0.1, -0.05) is 12.1 Å². The second kappa shape index (κ2) is 11.1. The van der Waals surface area contributed by atoms with E-state index < -0.39 is 11.8 Å². The lowest BCUT2D eigenvalue weighted by Gasteiger charge is -2.44. The Labute approximate surface area is 198 Å². The van der Waals surface area contributed by atoms with Crippen LogP contribution in [0.15, 0.2) is 18.2 Å². The summed E-state index contributed by atoms with van der Waals surface area (Å²) in [4.78, 5) is 28.1. The molecule has 0 aromatic heterocycles. The van der Waals surface area contributed by atoms with Crippen LogP contribution in [0.4, 0.5) is 10.1 Å².